The van der Waals surface area contributed by atoms with Crippen molar-refractivity contribution in [3.05, 3.63) is 11.6 Å². The minimum atomic E-state index is -0.963. The van der Waals surface area contributed by atoms with Crippen molar-refractivity contribution in [1.29, 1.82) is 0 Å². The smallest absolute Gasteiger partial charge is 0.306 e. The van der Waals surface area contributed by atoms with Gasteiger partial charge in [-0.15, -0.1) is 0 Å². The van der Waals surface area contributed by atoms with Gasteiger partial charge in [0.1, 0.15) is 6.10 Å². The Morgan fingerprint density at radius 2 is 1.87 bits per heavy atom. The van der Waals surface area contributed by atoms with Crippen LogP contribution in [-0.2, 0) is 19.1 Å². The first-order valence-corrected chi connectivity index (χ1v) is 11.8. The molecule has 1 N–H and O–H groups in total. The lowest BCUT2D eigenvalue weighted by Gasteiger charge is -2.58. The molecule has 0 aromatic heterocycles. The molecular weight excluding hydrogens is 380 g/mol. The van der Waals surface area contributed by atoms with E-state index in [1.165, 1.54) is 24.8 Å². The molecule has 4 rings (SSSR count). The van der Waals surface area contributed by atoms with Crippen LogP contribution < -0.4 is 0 Å². The Labute approximate surface area is 179 Å². The monoisotopic (exact) mass is 416 g/mol. The number of carboxylic acids is 1. The van der Waals surface area contributed by atoms with Crippen molar-refractivity contribution in [2.75, 3.05) is 0 Å². The summed E-state index contributed by atoms with van der Waals surface area (Å²) in [5.41, 5.74) is 1.76. The molecule has 0 aromatic rings. The van der Waals surface area contributed by atoms with Gasteiger partial charge in [0.15, 0.2) is 5.78 Å². The lowest BCUT2D eigenvalue weighted by Crippen LogP contribution is -2.51. The molecule has 5 heteroatoms. The Morgan fingerprint density at radius 1 is 1.10 bits per heavy atom. The number of hydrogen-bond acceptors (Lipinski definition) is 4. The predicted molar refractivity (Wildman–Crippen MR) is 113 cm³/mol. The molecule has 166 valence electrons. The van der Waals surface area contributed by atoms with Crippen molar-refractivity contribution in [2.24, 2.45) is 34.5 Å². The standard InChI is InChI=1S/C25H36O5/c1-15(30-23(29)9-8-22(27)28)19-6-7-20-18-5-4-16-14-17(26)10-12-24(16,2)21(18)11-13-25(19,20)3/h14-15,18-21H,4-13H2,1-3H3,(H,27,28)/t15-,18?,19+,20?,21?,24-,25+/m0/s1. The summed E-state index contributed by atoms with van der Waals surface area (Å²) in [6.07, 6.45) is 10.1. The number of aliphatic carboxylic acids is 1. The van der Waals surface area contributed by atoms with E-state index in [1.807, 2.05) is 13.0 Å². The maximum Gasteiger partial charge on any atom is 0.306 e. The van der Waals surface area contributed by atoms with Gasteiger partial charge in [0.2, 0.25) is 0 Å². The quantitative estimate of drug-likeness (QED) is 0.643. The average molecular weight is 417 g/mol. The first-order chi connectivity index (χ1) is 14.1. The van der Waals surface area contributed by atoms with Crippen LogP contribution >= 0.6 is 0 Å². The zero-order valence-electron chi connectivity index (χ0n) is 18.6. The molecule has 5 nitrogen and oxygen atoms in total. The van der Waals surface area contributed by atoms with Crippen molar-refractivity contribution in [1.82, 2.24) is 0 Å². The molecule has 0 radical (unpaired) electrons. The third-order valence-electron chi connectivity index (χ3n) is 9.46. The lowest BCUT2D eigenvalue weighted by molar-refractivity contribution is -0.157. The number of rotatable bonds is 5. The van der Waals surface area contributed by atoms with E-state index >= 15 is 0 Å². The maximum absolute atomic E-state index is 12.1. The second kappa shape index (κ2) is 7.80. The molecule has 3 fully saturated rings. The van der Waals surface area contributed by atoms with Gasteiger partial charge in [0, 0.05) is 12.3 Å². The van der Waals surface area contributed by atoms with Gasteiger partial charge >= 0.3 is 11.9 Å². The summed E-state index contributed by atoms with van der Waals surface area (Å²) in [5.74, 6) is 1.30. The number of carboxylic acid groups (broad SMARTS) is 1. The molecule has 0 heterocycles. The number of ether oxygens (including phenoxy) is 1. The van der Waals surface area contributed by atoms with E-state index in [4.69, 9.17) is 9.84 Å². The van der Waals surface area contributed by atoms with Crippen molar-refractivity contribution in [2.45, 2.75) is 91.1 Å². The Kier molecular flexibility index (Phi) is 5.61. The molecule has 0 spiro atoms. The van der Waals surface area contributed by atoms with Gasteiger partial charge in [0.25, 0.3) is 0 Å². The first kappa shape index (κ1) is 21.6. The molecule has 0 aromatic carbocycles. The molecule has 0 aliphatic heterocycles. The van der Waals surface area contributed by atoms with E-state index in [9.17, 15) is 14.4 Å². The van der Waals surface area contributed by atoms with Crippen molar-refractivity contribution < 1.29 is 24.2 Å². The number of hydrogen-bond donors (Lipinski definition) is 1. The fourth-order valence-corrected chi connectivity index (χ4v) is 7.93. The summed E-state index contributed by atoms with van der Waals surface area (Å²) in [6.45, 7) is 6.81. The van der Waals surface area contributed by atoms with Gasteiger partial charge in [-0.25, -0.2) is 0 Å². The zero-order valence-corrected chi connectivity index (χ0v) is 18.6. The molecule has 3 saturated carbocycles. The number of esters is 1. The summed E-state index contributed by atoms with van der Waals surface area (Å²) in [4.78, 5) is 34.8. The third kappa shape index (κ3) is 3.52. The maximum atomic E-state index is 12.1. The molecule has 0 bridgehead atoms. The van der Waals surface area contributed by atoms with Crippen LogP contribution in [0, 0.1) is 34.5 Å². The fourth-order valence-electron chi connectivity index (χ4n) is 7.93. The highest BCUT2D eigenvalue weighted by Gasteiger charge is 2.59. The minimum Gasteiger partial charge on any atom is -0.481 e. The highest BCUT2D eigenvalue weighted by atomic mass is 16.5. The van der Waals surface area contributed by atoms with Gasteiger partial charge in [0.05, 0.1) is 12.8 Å². The average Bonchev–Trinajstić information content (AvgIpc) is 3.04. The Hall–Kier alpha value is -1.65. The highest BCUT2D eigenvalue weighted by molar-refractivity contribution is 5.91. The number of fused-ring (bicyclic) bond motifs is 5. The third-order valence-corrected chi connectivity index (χ3v) is 9.46. The van der Waals surface area contributed by atoms with E-state index in [0.29, 0.717) is 35.9 Å². The molecule has 4 aliphatic carbocycles. The summed E-state index contributed by atoms with van der Waals surface area (Å²) < 4.78 is 5.70. The number of allylic oxidation sites excluding steroid dienone is 1. The van der Waals surface area contributed by atoms with Crippen molar-refractivity contribution in [3.8, 4) is 0 Å². The second-order valence-electron chi connectivity index (χ2n) is 10.8. The number of carbonyl (C=O) groups is 3. The first-order valence-electron chi connectivity index (χ1n) is 11.8. The topological polar surface area (TPSA) is 80.7 Å². The van der Waals surface area contributed by atoms with Crippen LogP contribution in [0.15, 0.2) is 11.6 Å². The normalized spacial score (nSPS) is 41.2. The largest absolute Gasteiger partial charge is 0.481 e. The Morgan fingerprint density at radius 3 is 2.60 bits per heavy atom. The fraction of sp³-hybridized carbons (Fsp3) is 0.800. The van der Waals surface area contributed by atoms with E-state index in [1.54, 1.807) is 0 Å². The summed E-state index contributed by atoms with van der Waals surface area (Å²) in [6, 6.07) is 0. The zero-order chi connectivity index (χ0) is 21.7. The molecule has 30 heavy (non-hydrogen) atoms. The lowest BCUT2D eigenvalue weighted by atomic mass is 9.46. The second-order valence-corrected chi connectivity index (χ2v) is 10.8. The summed E-state index contributed by atoms with van der Waals surface area (Å²) in [7, 11) is 0. The SMILES string of the molecule is C[C@H](OC(=O)CCC(=O)O)[C@H]1CCC2C3CCC4=CC(=O)CC[C@]4(C)C3CC[C@@]21C. The summed E-state index contributed by atoms with van der Waals surface area (Å²) >= 11 is 0. The molecule has 3 unspecified atom stereocenters. The number of ketones is 1. The molecular formula is C25H36O5. The number of carbonyl (C=O) groups excluding carboxylic acids is 2. The van der Waals surface area contributed by atoms with Gasteiger partial charge < -0.3 is 9.84 Å². The van der Waals surface area contributed by atoms with E-state index in [2.05, 4.69) is 13.8 Å². The summed E-state index contributed by atoms with van der Waals surface area (Å²) in [5, 5.41) is 8.80. The van der Waals surface area contributed by atoms with Crippen LogP contribution in [0.3, 0.4) is 0 Å². The van der Waals surface area contributed by atoms with Gasteiger partial charge in [-0.3, -0.25) is 14.4 Å². The minimum absolute atomic E-state index is 0.0522. The molecule has 7 atom stereocenters. The Bertz CT molecular complexity index is 770. The highest BCUT2D eigenvalue weighted by Crippen LogP contribution is 2.67. The van der Waals surface area contributed by atoms with Crippen LogP contribution in [0.25, 0.3) is 0 Å². The van der Waals surface area contributed by atoms with Gasteiger partial charge in [-0.2, -0.15) is 0 Å². The predicted octanol–water partition coefficient (Wildman–Crippen LogP) is 4.93. The molecule has 4 aliphatic rings. The van der Waals surface area contributed by atoms with Crippen LogP contribution in [0.5, 0.6) is 0 Å². The van der Waals surface area contributed by atoms with Crippen molar-refractivity contribution in [3.63, 3.8) is 0 Å². The van der Waals surface area contributed by atoms with Crippen molar-refractivity contribution >= 4 is 17.7 Å². The van der Waals surface area contributed by atoms with E-state index in [0.717, 1.165) is 25.7 Å². The van der Waals surface area contributed by atoms with Crippen LogP contribution in [0.4, 0.5) is 0 Å². The van der Waals surface area contributed by atoms with E-state index in [-0.39, 0.29) is 29.8 Å². The van der Waals surface area contributed by atoms with Crippen LogP contribution in [0.2, 0.25) is 0 Å². The van der Waals surface area contributed by atoms with Crippen LogP contribution in [-0.4, -0.2) is 28.9 Å². The Balaban J connectivity index is 1.47. The van der Waals surface area contributed by atoms with Gasteiger partial charge in [-0.1, -0.05) is 19.4 Å². The van der Waals surface area contributed by atoms with Crippen LogP contribution in [0.1, 0.15) is 85.0 Å². The van der Waals surface area contributed by atoms with Gasteiger partial charge in [-0.05, 0) is 86.5 Å². The molecule has 0 amide bonds. The van der Waals surface area contributed by atoms with E-state index < -0.39 is 11.9 Å². The molecule has 0 saturated heterocycles.